The third kappa shape index (κ3) is 6.79. The fourth-order valence-corrected chi connectivity index (χ4v) is 2.08. The van der Waals surface area contributed by atoms with Crippen molar-refractivity contribution < 1.29 is 32.9 Å². The number of hydrogen-bond acceptors (Lipinski definition) is 5. The van der Waals surface area contributed by atoms with Gasteiger partial charge in [0.15, 0.2) is 0 Å². The first-order valence-corrected chi connectivity index (χ1v) is 7.61. The van der Waals surface area contributed by atoms with E-state index in [2.05, 4.69) is 5.32 Å². The number of aliphatic hydroxyl groups is 2. The minimum Gasteiger partial charge on any atom is -0.444 e. The van der Waals surface area contributed by atoms with E-state index in [0.717, 1.165) is 6.07 Å². The number of alkyl halides is 3. The molecule has 2 atom stereocenters. The highest BCUT2D eigenvalue weighted by Crippen LogP contribution is 2.37. The molecule has 1 aromatic rings. The molecule has 0 saturated heterocycles. The van der Waals surface area contributed by atoms with Crippen LogP contribution in [0.2, 0.25) is 0 Å². The molecule has 6 nitrogen and oxygen atoms in total. The minimum atomic E-state index is -4.72. The number of anilines is 1. The molecule has 0 aliphatic heterocycles. The Morgan fingerprint density at radius 3 is 2.40 bits per heavy atom. The van der Waals surface area contributed by atoms with Crippen LogP contribution in [0.5, 0.6) is 0 Å². The molecule has 0 spiro atoms. The second-order valence-corrected chi connectivity index (χ2v) is 6.57. The van der Waals surface area contributed by atoms with Crippen LogP contribution in [-0.2, 0) is 10.9 Å². The highest BCUT2D eigenvalue weighted by atomic mass is 19.4. The normalized spacial score (nSPS) is 14.7. The first kappa shape index (κ1) is 21.0. The molecule has 0 radical (unpaired) electrons. The average molecular weight is 364 g/mol. The Hall–Kier alpha value is -2.00. The summed E-state index contributed by atoms with van der Waals surface area (Å²) in [6.07, 6.45) is -8.91. The molecule has 1 amide bonds. The van der Waals surface area contributed by atoms with Gasteiger partial charge in [-0.2, -0.15) is 13.2 Å². The van der Waals surface area contributed by atoms with Crippen LogP contribution in [0, 0.1) is 0 Å². The molecule has 1 aromatic carbocycles. The van der Waals surface area contributed by atoms with E-state index in [1.54, 1.807) is 20.8 Å². The van der Waals surface area contributed by atoms with Gasteiger partial charge in [-0.3, -0.25) is 0 Å². The van der Waals surface area contributed by atoms with E-state index in [1.165, 1.54) is 6.07 Å². The van der Waals surface area contributed by atoms with Gasteiger partial charge in [0, 0.05) is 12.2 Å². The van der Waals surface area contributed by atoms with Crippen LogP contribution in [0.15, 0.2) is 18.2 Å². The first-order chi connectivity index (χ1) is 11.3. The number of benzene rings is 1. The highest BCUT2D eigenvalue weighted by Gasteiger charge is 2.36. The molecule has 5 N–H and O–H groups in total. The van der Waals surface area contributed by atoms with Crippen molar-refractivity contribution in [3.63, 3.8) is 0 Å². The zero-order valence-electron chi connectivity index (χ0n) is 14.2. The zero-order valence-corrected chi connectivity index (χ0v) is 14.2. The van der Waals surface area contributed by atoms with Gasteiger partial charge in [-0.05, 0) is 44.9 Å². The molecule has 142 valence electrons. The number of hydrogen-bond donors (Lipinski definition) is 4. The summed E-state index contributed by atoms with van der Waals surface area (Å²) in [5.41, 5.74) is 2.96. The standard InChI is InChI=1S/C16H23F3N2O4/c1-15(2,3)25-14(24)21-7-6-12(22)13(23)10-5-4-9(20)8-11(10)16(17,18)19/h4-5,8,12-13,22-23H,6-7,20H2,1-3H3,(H,21,24). The molecule has 0 heterocycles. The Bertz CT molecular complexity index is 600. The van der Waals surface area contributed by atoms with Crippen molar-refractivity contribution in [3.05, 3.63) is 29.3 Å². The van der Waals surface area contributed by atoms with E-state index in [4.69, 9.17) is 10.5 Å². The second-order valence-electron chi connectivity index (χ2n) is 6.57. The molecule has 0 saturated carbocycles. The van der Waals surface area contributed by atoms with Gasteiger partial charge in [-0.25, -0.2) is 4.79 Å². The lowest BCUT2D eigenvalue weighted by molar-refractivity contribution is -0.139. The Morgan fingerprint density at radius 2 is 1.88 bits per heavy atom. The van der Waals surface area contributed by atoms with Crippen molar-refractivity contribution in [2.24, 2.45) is 0 Å². The van der Waals surface area contributed by atoms with E-state index in [9.17, 15) is 28.2 Å². The topological polar surface area (TPSA) is 105 Å². The predicted molar refractivity (Wildman–Crippen MR) is 85.7 cm³/mol. The summed E-state index contributed by atoms with van der Waals surface area (Å²) >= 11 is 0. The van der Waals surface area contributed by atoms with E-state index in [-0.39, 0.29) is 18.7 Å². The van der Waals surface area contributed by atoms with Crippen LogP contribution in [0.25, 0.3) is 0 Å². The van der Waals surface area contributed by atoms with Gasteiger partial charge >= 0.3 is 12.3 Å². The molecule has 0 aromatic heterocycles. The Labute approximate surface area is 143 Å². The van der Waals surface area contributed by atoms with Gasteiger partial charge in [0.2, 0.25) is 0 Å². The molecule has 2 unspecified atom stereocenters. The quantitative estimate of drug-likeness (QED) is 0.601. The van der Waals surface area contributed by atoms with Crippen LogP contribution in [0.1, 0.15) is 44.4 Å². The summed E-state index contributed by atoms with van der Waals surface area (Å²) in [5.74, 6) is 0. The summed E-state index contributed by atoms with van der Waals surface area (Å²) in [7, 11) is 0. The summed E-state index contributed by atoms with van der Waals surface area (Å²) < 4.78 is 44.1. The molecule has 0 bridgehead atoms. The van der Waals surface area contributed by atoms with Crippen molar-refractivity contribution >= 4 is 11.8 Å². The van der Waals surface area contributed by atoms with Crippen molar-refractivity contribution in [1.82, 2.24) is 5.32 Å². The van der Waals surface area contributed by atoms with Gasteiger partial charge in [0.1, 0.15) is 11.7 Å². The third-order valence-electron chi connectivity index (χ3n) is 3.17. The second kappa shape index (κ2) is 7.92. The first-order valence-electron chi connectivity index (χ1n) is 7.61. The number of carbonyl (C=O) groups excluding carboxylic acids is 1. The van der Waals surface area contributed by atoms with Crippen molar-refractivity contribution in [2.75, 3.05) is 12.3 Å². The number of nitrogen functional groups attached to an aromatic ring is 1. The monoisotopic (exact) mass is 364 g/mol. The fourth-order valence-electron chi connectivity index (χ4n) is 2.08. The van der Waals surface area contributed by atoms with E-state index in [1.807, 2.05) is 0 Å². The number of halogens is 3. The van der Waals surface area contributed by atoms with Gasteiger partial charge < -0.3 is 26.0 Å². The van der Waals surface area contributed by atoms with Gasteiger partial charge in [-0.15, -0.1) is 0 Å². The molecule has 25 heavy (non-hydrogen) atoms. The molecule has 1 rings (SSSR count). The molecular weight excluding hydrogens is 341 g/mol. The van der Waals surface area contributed by atoms with Gasteiger partial charge in [0.05, 0.1) is 11.7 Å². The number of carbonyl (C=O) groups is 1. The maximum Gasteiger partial charge on any atom is 0.416 e. The lowest BCUT2D eigenvalue weighted by atomic mass is 9.96. The number of alkyl carbamates (subject to hydrolysis) is 1. The van der Waals surface area contributed by atoms with Crippen molar-refractivity contribution in [1.29, 1.82) is 0 Å². The SMILES string of the molecule is CC(C)(C)OC(=O)NCCC(O)C(O)c1ccc(N)cc1C(F)(F)F. The largest absolute Gasteiger partial charge is 0.444 e. The maximum atomic E-state index is 13.0. The van der Waals surface area contributed by atoms with E-state index in [0.29, 0.717) is 6.07 Å². The molecule has 0 fully saturated rings. The summed E-state index contributed by atoms with van der Waals surface area (Å²) in [6, 6.07) is 2.93. The lowest BCUT2D eigenvalue weighted by Gasteiger charge is -2.23. The zero-order chi connectivity index (χ0) is 19.4. The minimum absolute atomic E-state index is 0.0799. The number of nitrogens with two attached hydrogens (primary N) is 1. The van der Waals surface area contributed by atoms with Crippen molar-refractivity contribution in [3.8, 4) is 0 Å². The summed E-state index contributed by atoms with van der Waals surface area (Å²) in [6.45, 7) is 4.93. The van der Waals surface area contributed by atoms with Crippen LogP contribution in [0.3, 0.4) is 0 Å². The lowest BCUT2D eigenvalue weighted by Crippen LogP contribution is -2.34. The van der Waals surface area contributed by atoms with Crippen LogP contribution >= 0.6 is 0 Å². The number of nitrogens with one attached hydrogen (secondary N) is 1. The summed E-state index contributed by atoms with van der Waals surface area (Å²) in [5, 5.41) is 22.3. The molecule has 0 aliphatic rings. The Morgan fingerprint density at radius 1 is 1.28 bits per heavy atom. The number of amides is 1. The van der Waals surface area contributed by atoms with Crippen molar-refractivity contribution in [2.45, 2.75) is 51.2 Å². The van der Waals surface area contributed by atoms with Crippen LogP contribution < -0.4 is 11.1 Å². The highest BCUT2D eigenvalue weighted by molar-refractivity contribution is 5.67. The summed E-state index contributed by atoms with van der Waals surface area (Å²) in [4.78, 5) is 11.5. The smallest absolute Gasteiger partial charge is 0.416 e. The molecule has 9 heteroatoms. The number of aliphatic hydroxyl groups excluding tert-OH is 2. The van der Waals surface area contributed by atoms with Gasteiger partial charge in [0.25, 0.3) is 0 Å². The van der Waals surface area contributed by atoms with Crippen LogP contribution in [0.4, 0.5) is 23.7 Å². The van der Waals surface area contributed by atoms with E-state index < -0.39 is 41.2 Å². The number of ether oxygens (including phenoxy) is 1. The Balaban J connectivity index is 2.71. The van der Waals surface area contributed by atoms with E-state index >= 15 is 0 Å². The molecule has 0 aliphatic carbocycles. The average Bonchev–Trinajstić information content (AvgIpc) is 2.43. The maximum absolute atomic E-state index is 13.0. The molecular formula is C16H23F3N2O4. The fraction of sp³-hybridized carbons (Fsp3) is 0.562. The number of rotatable bonds is 5. The predicted octanol–water partition coefficient (Wildman–Crippen LogP) is 2.60. The van der Waals surface area contributed by atoms with Crippen LogP contribution in [-0.4, -0.2) is 34.6 Å². The third-order valence-corrected chi connectivity index (χ3v) is 3.17. The van der Waals surface area contributed by atoms with Gasteiger partial charge in [-0.1, -0.05) is 6.07 Å². The Kier molecular flexibility index (Phi) is 6.67.